The van der Waals surface area contributed by atoms with Crippen molar-refractivity contribution in [2.24, 2.45) is 27.6 Å². The molecule has 0 aromatic heterocycles. The van der Waals surface area contributed by atoms with Gasteiger partial charge < -0.3 is 21.9 Å². The fraction of sp³-hybridized carbons (Fsp3) is 0.208. The number of aliphatic imine (C=N–C) groups is 1. The van der Waals surface area contributed by atoms with Gasteiger partial charge in [0.1, 0.15) is 11.6 Å². The normalized spacial score (nSPS) is 11.2. The van der Waals surface area contributed by atoms with E-state index in [2.05, 4.69) is 25.8 Å². The molecule has 0 aliphatic carbocycles. The first-order valence-corrected chi connectivity index (χ1v) is 9.85. The Morgan fingerprint density at radius 3 is 2.16 bits per heavy atom. The number of guanidine groups is 1. The SMILES string of the molecule is CC(C)(C)Cc1cc2cc(C(=N)N)ccc2cc1OC(=O)c1ccc(N=C(N)N)cc1. The number of nitrogen functional groups attached to an aromatic ring is 1. The van der Waals surface area contributed by atoms with Crippen molar-refractivity contribution in [3.63, 3.8) is 0 Å². The minimum atomic E-state index is -0.467. The number of nitrogens with two attached hydrogens (primary N) is 3. The maximum Gasteiger partial charge on any atom is 0.343 e. The molecule has 31 heavy (non-hydrogen) atoms. The summed E-state index contributed by atoms with van der Waals surface area (Å²) in [5, 5.41) is 9.51. The highest BCUT2D eigenvalue weighted by atomic mass is 16.5. The second-order valence-corrected chi connectivity index (χ2v) is 8.65. The quantitative estimate of drug-likeness (QED) is 0.216. The maximum absolute atomic E-state index is 12.8. The molecular formula is C24H27N5O2. The molecule has 7 N–H and O–H groups in total. The summed E-state index contributed by atoms with van der Waals surface area (Å²) < 4.78 is 5.79. The van der Waals surface area contributed by atoms with E-state index in [0.29, 0.717) is 29.0 Å². The molecule has 0 atom stereocenters. The highest BCUT2D eigenvalue weighted by Crippen LogP contribution is 2.32. The number of amidine groups is 1. The van der Waals surface area contributed by atoms with Crippen LogP contribution in [-0.2, 0) is 6.42 Å². The van der Waals surface area contributed by atoms with Crippen molar-refractivity contribution >= 4 is 34.2 Å². The predicted octanol–water partition coefficient (Wildman–Crippen LogP) is 3.84. The van der Waals surface area contributed by atoms with E-state index in [1.165, 1.54) is 0 Å². The summed E-state index contributed by atoms with van der Waals surface area (Å²) in [6, 6.07) is 15.9. The van der Waals surface area contributed by atoms with E-state index in [9.17, 15) is 4.79 Å². The maximum atomic E-state index is 12.8. The molecule has 0 amide bonds. The van der Waals surface area contributed by atoms with E-state index < -0.39 is 5.97 Å². The summed E-state index contributed by atoms with van der Waals surface area (Å²) in [4.78, 5) is 16.7. The van der Waals surface area contributed by atoms with Gasteiger partial charge in [0.05, 0.1) is 11.3 Å². The van der Waals surface area contributed by atoms with E-state index >= 15 is 0 Å². The molecular weight excluding hydrogens is 390 g/mol. The molecule has 0 fully saturated rings. The fourth-order valence-electron chi connectivity index (χ4n) is 3.28. The number of nitrogens with one attached hydrogen (secondary N) is 1. The molecule has 0 heterocycles. The smallest absolute Gasteiger partial charge is 0.343 e. The topological polar surface area (TPSA) is 141 Å². The van der Waals surface area contributed by atoms with Crippen LogP contribution in [-0.4, -0.2) is 17.8 Å². The standard InChI is InChI=1S/C24H27N5O2/c1-24(2,3)13-18-11-17-10-16(21(25)26)5-4-15(17)12-20(18)31-22(30)14-6-8-19(9-7-14)29-23(27)28/h4-12H,13H2,1-3H3,(H3,25,26)(H4,27,28,29). The second kappa shape index (κ2) is 8.47. The van der Waals surface area contributed by atoms with Crippen molar-refractivity contribution in [2.75, 3.05) is 0 Å². The number of carbonyl (C=O) groups is 1. The van der Waals surface area contributed by atoms with E-state index in [1.54, 1.807) is 30.3 Å². The highest BCUT2D eigenvalue weighted by Gasteiger charge is 2.19. The van der Waals surface area contributed by atoms with Crippen molar-refractivity contribution in [1.29, 1.82) is 5.41 Å². The third-order valence-electron chi connectivity index (χ3n) is 4.62. The average Bonchev–Trinajstić information content (AvgIpc) is 2.66. The molecule has 3 rings (SSSR count). The third-order valence-corrected chi connectivity index (χ3v) is 4.62. The fourth-order valence-corrected chi connectivity index (χ4v) is 3.28. The van der Waals surface area contributed by atoms with Crippen molar-refractivity contribution in [1.82, 2.24) is 0 Å². The molecule has 3 aromatic rings. The zero-order valence-electron chi connectivity index (χ0n) is 17.9. The Hall–Kier alpha value is -3.87. The first-order chi connectivity index (χ1) is 14.5. The van der Waals surface area contributed by atoms with Gasteiger partial charge in [0.15, 0.2) is 5.96 Å². The predicted molar refractivity (Wildman–Crippen MR) is 125 cm³/mol. The van der Waals surface area contributed by atoms with E-state index in [1.807, 2.05) is 24.3 Å². The lowest BCUT2D eigenvalue weighted by atomic mass is 9.87. The van der Waals surface area contributed by atoms with Gasteiger partial charge in [-0.05, 0) is 70.6 Å². The molecule has 0 aliphatic rings. The zero-order chi connectivity index (χ0) is 22.8. The van der Waals surface area contributed by atoms with Gasteiger partial charge in [0, 0.05) is 5.56 Å². The van der Waals surface area contributed by atoms with E-state index in [0.717, 1.165) is 16.3 Å². The van der Waals surface area contributed by atoms with Gasteiger partial charge in [-0.3, -0.25) is 5.41 Å². The molecule has 0 spiro atoms. The lowest BCUT2D eigenvalue weighted by Crippen LogP contribution is -2.21. The number of benzene rings is 3. The van der Waals surface area contributed by atoms with Crippen LogP contribution in [0.2, 0.25) is 0 Å². The molecule has 160 valence electrons. The van der Waals surface area contributed by atoms with Gasteiger partial charge in [-0.1, -0.05) is 32.9 Å². The number of rotatable bonds is 5. The number of hydrogen-bond donors (Lipinski definition) is 4. The number of hydrogen-bond acceptors (Lipinski definition) is 4. The summed E-state index contributed by atoms with van der Waals surface area (Å²) >= 11 is 0. The Bertz CT molecular complexity index is 1170. The molecule has 0 aliphatic heterocycles. The van der Waals surface area contributed by atoms with Crippen LogP contribution in [0.15, 0.2) is 59.6 Å². The summed E-state index contributed by atoms with van der Waals surface area (Å²) in [5.41, 5.74) is 18.9. The van der Waals surface area contributed by atoms with Gasteiger partial charge in [-0.25, -0.2) is 9.79 Å². The van der Waals surface area contributed by atoms with Crippen molar-refractivity contribution < 1.29 is 9.53 Å². The first-order valence-electron chi connectivity index (χ1n) is 9.85. The van der Waals surface area contributed by atoms with Crippen molar-refractivity contribution in [3.8, 4) is 5.75 Å². The average molecular weight is 418 g/mol. The number of nitrogens with zero attached hydrogens (tertiary/aromatic N) is 1. The number of carbonyl (C=O) groups excluding carboxylic acids is 1. The molecule has 3 aromatic carbocycles. The number of esters is 1. The Morgan fingerprint density at radius 1 is 0.935 bits per heavy atom. The van der Waals surface area contributed by atoms with Gasteiger partial charge in [-0.2, -0.15) is 0 Å². The third kappa shape index (κ3) is 5.60. The summed E-state index contributed by atoms with van der Waals surface area (Å²) in [5.74, 6) is 0.00704. The summed E-state index contributed by atoms with van der Waals surface area (Å²) in [6.45, 7) is 6.37. The van der Waals surface area contributed by atoms with Crippen LogP contribution in [0.3, 0.4) is 0 Å². The van der Waals surface area contributed by atoms with Gasteiger partial charge in [0.2, 0.25) is 0 Å². The lowest BCUT2D eigenvalue weighted by molar-refractivity contribution is 0.0732. The van der Waals surface area contributed by atoms with Crippen LogP contribution < -0.4 is 21.9 Å². The monoisotopic (exact) mass is 417 g/mol. The zero-order valence-corrected chi connectivity index (χ0v) is 17.9. The first kappa shape index (κ1) is 21.8. The van der Waals surface area contributed by atoms with Gasteiger partial charge in [-0.15, -0.1) is 0 Å². The van der Waals surface area contributed by atoms with Crippen LogP contribution in [0.25, 0.3) is 10.8 Å². The molecule has 0 unspecified atom stereocenters. The van der Waals surface area contributed by atoms with Crippen LogP contribution >= 0.6 is 0 Å². The van der Waals surface area contributed by atoms with E-state index in [-0.39, 0.29) is 17.2 Å². The molecule has 0 saturated heterocycles. The van der Waals surface area contributed by atoms with Crippen LogP contribution in [0.5, 0.6) is 5.75 Å². The van der Waals surface area contributed by atoms with Crippen LogP contribution in [0.1, 0.15) is 42.3 Å². The van der Waals surface area contributed by atoms with E-state index in [4.69, 9.17) is 27.3 Å². The Labute approximate surface area is 181 Å². The summed E-state index contributed by atoms with van der Waals surface area (Å²) in [6.07, 6.45) is 0.708. The Morgan fingerprint density at radius 2 is 1.58 bits per heavy atom. The molecule has 7 heteroatoms. The van der Waals surface area contributed by atoms with Crippen molar-refractivity contribution in [2.45, 2.75) is 27.2 Å². The molecule has 0 bridgehead atoms. The Balaban J connectivity index is 1.97. The number of ether oxygens (including phenoxy) is 1. The van der Waals surface area contributed by atoms with Crippen LogP contribution in [0.4, 0.5) is 5.69 Å². The van der Waals surface area contributed by atoms with Gasteiger partial charge in [0.25, 0.3) is 0 Å². The number of fused-ring (bicyclic) bond motifs is 1. The molecule has 7 nitrogen and oxygen atoms in total. The van der Waals surface area contributed by atoms with Gasteiger partial charge >= 0.3 is 5.97 Å². The minimum Gasteiger partial charge on any atom is -0.423 e. The Kier molecular flexibility index (Phi) is 5.97. The summed E-state index contributed by atoms with van der Waals surface area (Å²) in [7, 11) is 0. The largest absolute Gasteiger partial charge is 0.423 e. The molecule has 0 radical (unpaired) electrons. The lowest BCUT2D eigenvalue weighted by Gasteiger charge is -2.21. The van der Waals surface area contributed by atoms with Crippen molar-refractivity contribution in [3.05, 3.63) is 71.3 Å². The second-order valence-electron chi connectivity index (χ2n) is 8.65. The minimum absolute atomic E-state index is 0.0129. The van der Waals surface area contributed by atoms with Crippen LogP contribution in [0, 0.1) is 10.8 Å². The highest BCUT2D eigenvalue weighted by molar-refractivity contribution is 6.00. The molecule has 0 saturated carbocycles.